The second kappa shape index (κ2) is 5.69. The number of pyridine rings is 1. The Balaban J connectivity index is 2.15. The van der Waals surface area contributed by atoms with E-state index in [0.29, 0.717) is 18.0 Å². The monoisotopic (exact) mass is 297 g/mol. The molecular formula is C17H19N3O2. The van der Waals surface area contributed by atoms with Crippen LogP contribution in [-0.4, -0.2) is 23.6 Å². The van der Waals surface area contributed by atoms with E-state index in [1.807, 2.05) is 43.5 Å². The summed E-state index contributed by atoms with van der Waals surface area (Å²) in [5.41, 5.74) is 10.7. The third-order valence-electron chi connectivity index (χ3n) is 3.82. The molecule has 5 nitrogen and oxygen atoms in total. The summed E-state index contributed by atoms with van der Waals surface area (Å²) < 4.78 is 12.7. The molecule has 0 aliphatic rings. The molecule has 0 unspecified atom stereocenters. The van der Waals surface area contributed by atoms with Crippen LogP contribution in [0.25, 0.3) is 16.9 Å². The molecule has 0 aliphatic carbocycles. The Morgan fingerprint density at radius 2 is 1.86 bits per heavy atom. The average molecular weight is 297 g/mol. The van der Waals surface area contributed by atoms with E-state index in [-0.39, 0.29) is 0 Å². The van der Waals surface area contributed by atoms with Crippen LogP contribution in [0.15, 0.2) is 36.5 Å². The molecule has 0 radical (unpaired) electrons. The van der Waals surface area contributed by atoms with Gasteiger partial charge in [0, 0.05) is 24.0 Å². The van der Waals surface area contributed by atoms with Crippen molar-refractivity contribution in [1.29, 1.82) is 0 Å². The van der Waals surface area contributed by atoms with Crippen LogP contribution in [-0.2, 0) is 6.54 Å². The highest BCUT2D eigenvalue weighted by Crippen LogP contribution is 2.33. The van der Waals surface area contributed by atoms with Gasteiger partial charge in [-0.1, -0.05) is 0 Å². The largest absolute Gasteiger partial charge is 0.493 e. The predicted octanol–water partition coefficient (Wildman–Crippen LogP) is 2.79. The first kappa shape index (κ1) is 14.4. The van der Waals surface area contributed by atoms with Crippen molar-refractivity contribution >= 4 is 5.65 Å². The maximum absolute atomic E-state index is 5.70. The van der Waals surface area contributed by atoms with Crippen molar-refractivity contribution in [2.45, 2.75) is 13.5 Å². The van der Waals surface area contributed by atoms with Gasteiger partial charge in [-0.25, -0.2) is 4.98 Å². The van der Waals surface area contributed by atoms with Crippen LogP contribution in [0.5, 0.6) is 11.5 Å². The molecule has 0 saturated heterocycles. The first-order valence-corrected chi connectivity index (χ1v) is 7.08. The summed E-state index contributed by atoms with van der Waals surface area (Å²) in [6.45, 7) is 2.56. The first-order chi connectivity index (χ1) is 10.7. The number of nitrogens with zero attached hydrogens (tertiary/aromatic N) is 2. The average Bonchev–Trinajstić information content (AvgIpc) is 2.90. The minimum absolute atomic E-state index is 0.508. The van der Waals surface area contributed by atoms with Crippen molar-refractivity contribution in [2.24, 2.45) is 5.73 Å². The molecule has 1 aromatic carbocycles. The third-order valence-corrected chi connectivity index (χ3v) is 3.82. The fourth-order valence-corrected chi connectivity index (χ4v) is 2.59. The number of hydrogen-bond acceptors (Lipinski definition) is 4. The highest BCUT2D eigenvalue weighted by molar-refractivity contribution is 5.69. The van der Waals surface area contributed by atoms with Gasteiger partial charge in [0.1, 0.15) is 5.65 Å². The van der Waals surface area contributed by atoms with E-state index < -0.39 is 0 Å². The lowest BCUT2D eigenvalue weighted by molar-refractivity contribution is 0.355. The van der Waals surface area contributed by atoms with Crippen molar-refractivity contribution in [2.75, 3.05) is 14.2 Å². The summed E-state index contributed by atoms with van der Waals surface area (Å²) in [5.74, 6) is 1.40. The molecule has 2 N–H and O–H groups in total. The van der Waals surface area contributed by atoms with Crippen LogP contribution < -0.4 is 15.2 Å². The molecule has 3 aromatic rings. The Bertz CT molecular complexity index is 824. The maximum atomic E-state index is 5.70. The third kappa shape index (κ3) is 2.29. The highest BCUT2D eigenvalue weighted by Gasteiger charge is 2.13. The molecule has 0 fully saturated rings. The van der Waals surface area contributed by atoms with Gasteiger partial charge in [-0.3, -0.25) is 0 Å². The Kier molecular flexibility index (Phi) is 3.73. The molecular weight excluding hydrogens is 278 g/mol. The Morgan fingerprint density at radius 3 is 2.55 bits per heavy atom. The second-order valence-electron chi connectivity index (χ2n) is 5.08. The molecule has 0 aliphatic heterocycles. The van der Waals surface area contributed by atoms with Gasteiger partial charge in [0.15, 0.2) is 11.5 Å². The van der Waals surface area contributed by atoms with Gasteiger partial charge in [-0.15, -0.1) is 0 Å². The molecule has 5 heteroatoms. The summed E-state index contributed by atoms with van der Waals surface area (Å²) in [7, 11) is 3.26. The van der Waals surface area contributed by atoms with Crippen LogP contribution in [0.2, 0.25) is 0 Å². The molecule has 22 heavy (non-hydrogen) atoms. The number of fused-ring (bicyclic) bond motifs is 1. The lowest BCUT2D eigenvalue weighted by atomic mass is 10.1. The molecule has 0 atom stereocenters. The van der Waals surface area contributed by atoms with Gasteiger partial charge < -0.3 is 19.6 Å². The van der Waals surface area contributed by atoms with Gasteiger partial charge >= 0.3 is 0 Å². The smallest absolute Gasteiger partial charge is 0.161 e. The molecule has 0 amide bonds. The zero-order chi connectivity index (χ0) is 15.7. The lowest BCUT2D eigenvalue weighted by Gasteiger charge is -2.08. The van der Waals surface area contributed by atoms with E-state index in [2.05, 4.69) is 4.40 Å². The van der Waals surface area contributed by atoms with E-state index in [1.165, 1.54) is 0 Å². The van der Waals surface area contributed by atoms with Crippen molar-refractivity contribution in [3.63, 3.8) is 0 Å². The van der Waals surface area contributed by atoms with Crippen LogP contribution in [0.3, 0.4) is 0 Å². The normalized spacial score (nSPS) is 10.9. The minimum atomic E-state index is 0.508. The quantitative estimate of drug-likeness (QED) is 0.804. The molecule has 3 rings (SSSR count). The summed E-state index contributed by atoms with van der Waals surface area (Å²) in [5, 5.41) is 0. The Hall–Kier alpha value is -2.53. The van der Waals surface area contributed by atoms with Gasteiger partial charge in [-0.05, 0) is 42.8 Å². The number of methoxy groups -OCH3 is 2. The van der Waals surface area contributed by atoms with Crippen molar-refractivity contribution in [3.05, 3.63) is 47.8 Å². The van der Waals surface area contributed by atoms with E-state index in [9.17, 15) is 0 Å². The van der Waals surface area contributed by atoms with Crippen molar-refractivity contribution in [3.8, 4) is 22.8 Å². The number of hydrogen-bond donors (Lipinski definition) is 1. The topological polar surface area (TPSA) is 61.8 Å². The zero-order valence-electron chi connectivity index (χ0n) is 13.0. The molecule has 2 heterocycles. The lowest BCUT2D eigenvalue weighted by Crippen LogP contribution is -1.97. The molecule has 114 valence electrons. The Morgan fingerprint density at radius 1 is 1.09 bits per heavy atom. The maximum Gasteiger partial charge on any atom is 0.161 e. The van der Waals surface area contributed by atoms with Crippen molar-refractivity contribution < 1.29 is 9.47 Å². The fourth-order valence-electron chi connectivity index (χ4n) is 2.59. The molecule has 0 bridgehead atoms. The number of ether oxygens (including phenoxy) is 2. The van der Waals surface area contributed by atoms with Crippen LogP contribution in [0.4, 0.5) is 0 Å². The molecule has 2 aromatic heterocycles. The number of rotatable bonds is 4. The van der Waals surface area contributed by atoms with Crippen LogP contribution in [0, 0.1) is 6.92 Å². The number of benzene rings is 1. The van der Waals surface area contributed by atoms with E-state index in [0.717, 1.165) is 28.2 Å². The predicted molar refractivity (Wildman–Crippen MR) is 86.4 cm³/mol. The highest BCUT2D eigenvalue weighted by atomic mass is 16.5. The Labute approximate surface area is 129 Å². The zero-order valence-corrected chi connectivity index (χ0v) is 13.0. The van der Waals surface area contributed by atoms with Crippen LogP contribution in [0.1, 0.15) is 11.3 Å². The number of imidazole rings is 1. The summed E-state index contributed by atoms with van der Waals surface area (Å²) in [6, 6.07) is 9.84. The summed E-state index contributed by atoms with van der Waals surface area (Å²) >= 11 is 0. The van der Waals surface area contributed by atoms with Gasteiger partial charge in [0.2, 0.25) is 0 Å². The summed E-state index contributed by atoms with van der Waals surface area (Å²) in [6.07, 6.45) is 2.00. The van der Waals surface area contributed by atoms with Gasteiger partial charge in [-0.2, -0.15) is 0 Å². The first-order valence-electron chi connectivity index (χ1n) is 7.08. The second-order valence-corrected chi connectivity index (χ2v) is 5.08. The van der Waals surface area contributed by atoms with E-state index in [4.69, 9.17) is 20.2 Å². The molecule has 0 saturated carbocycles. The number of aromatic nitrogens is 2. The molecule has 0 spiro atoms. The fraction of sp³-hybridized carbons (Fsp3) is 0.235. The SMILES string of the molecule is COc1ccc(-c2nc3cc(CN)ccn3c2C)cc1OC. The number of nitrogens with two attached hydrogens (primary N) is 1. The number of aryl methyl sites for hydroxylation is 1. The van der Waals surface area contributed by atoms with Gasteiger partial charge in [0.25, 0.3) is 0 Å². The standard InChI is InChI=1S/C17H19N3O2/c1-11-17(13-4-5-14(21-2)15(9-13)22-3)19-16-8-12(10-18)6-7-20(11)16/h4-9H,10,18H2,1-3H3. The summed E-state index contributed by atoms with van der Waals surface area (Å²) in [4.78, 5) is 4.73. The van der Waals surface area contributed by atoms with Crippen LogP contribution >= 0.6 is 0 Å². The van der Waals surface area contributed by atoms with E-state index >= 15 is 0 Å². The van der Waals surface area contributed by atoms with E-state index in [1.54, 1.807) is 14.2 Å². The van der Waals surface area contributed by atoms with Crippen molar-refractivity contribution in [1.82, 2.24) is 9.38 Å². The minimum Gasteiger partial charge on any atom is -0.493 e. The van der Waals surface area contributed by atoms with Gasteiger partial charge in [0.05, 0.1) is 19.9 Å².